The number of quaternary nitrogens is 1. The number of hydrogen-bond acceptors (Lipinski definition) is 1. The maximum absolute atomic E-state index is 12.7. The van der Waals surface area contributed by atoms with Crippen molar-refractivity contribution in [3.63, 3.8) is 0 Å². The van der Waals surface area contributed by atoms with Gasteiger partial charge in [0.15, 0.2) is 0 Å². The lowest BCUT2D eigenvalue weighted by Gasteiger charge is -2.43. The van der Waals surface area contributed by atoms with Crippen molar-refractivity contribution in [2.45, 2.75) is 53.5 Å². The van der Waals surface area contributed by atoms with Crippen LogP contribution >= 0.6 is 0 Å². The van der Waals surface area contributed by atoms with Crippen molar-refractivity contribution < 1.29 is 9.28 Å². The molecule has 1 saturated heterocycles. The number of likely N-dealkylation sites (N-methyl/N-ethyl adjacent to an activating group) is 1. The fraction of sp³-hybridized carbons (Fsp3) is 0.737. The Hall–Kier alpha value is -1.09. The van der Waals surface area contributed by atoms with E-state index in [2.05, 4.69) is 53.8 Å². The van der Waals surface area contributed by atoms with Crippen molar-refractivity contribution in [2.24, 2.45) is 11.8 Å². The van der Waals surface area contributed by atoms with Crippen LogP contribution in [0.15, 0.2) is 23.4 Å². The van der Waals surface area contributed by atoms with Crippen molar-refractivity contribution in [3.05, 3.63) is 23.4 Å². The van der Waals surface area contributed by atoms with Crippen LogP contribution in [0.1, 0.15) is 48.0 Å². The van der Waals surface area contributed by atoms with E-state index >= 15 is 0 Å². The van der Waals surface area contributed by atoms with Gasteiger partial charge in [-0.1, -0.05) is 25.5 Å². The van der Waals surface area contributed by atoms with Gasteiger partial charge in [-0.2, -0.15) is 0 Å². The van der Waals surface area contributed by atoms with Crippen LogP contribution in [0.25, 0.3) is 0 Å². The zero-order valence-electron chi connectivity index (χ0n) is 15.4. The summed E-state index contributed by atoms with van der Waals surface area (Å²) in [5, 5.41) is 0. The monoisotopic (exact) mass is 305 g/mol. The van der Waals surface area contributed by atoms with Crippen LogP contribution in [0.4, 0.5) is 0 Å². The van der Waals surface area contributed by atoms with Crippen molar-refractivity contribution >= 4 is 5.91 Å². The molecule has 0 bridgehead atoms. The van der Waals surface area contributed by atoms with E-state index in [-0.39, 0.29) is 11.8 Å². The summed E-state index contributed by atoms with van der Waals surface area (Å²) < 4.78 is 1.06. The second-order valence-electron chi connectivity index (χ2n) is 8.40. The molecule has 2 aliphatic heterocycles. The molecule has 0 aromatic heterocycles. The number of carbonyl (C=O) groups excluding carboxylic acids is 1. The third-order valence-corrected chi connectivity index (χ3v) is 5.87. The summed E-state index contributed by atoms with van der Waals surface area (Å²) in [6.45, 7) is 16.3. The van der Waals surface area contributed by atoms with Gasteiger partial charge in [-0.15, -0.1) is 0 Å². The molecule has 0 aromatic carbocycles. The highest BCUT2D eigenvalue weighted by molar-refractivity contribution is 5.82. The Morgan fingerprint density at radius 1 is 1.32 bits per heavy atom. The smallest absolute Gasteiger partial charge is 0.233 e. The van der Waals surface area contributed by atoms with Crippen molar-refractivity contribution in [3.8, 4) is 0 Å². The average molecular weight is 305 g/mol. The number of rotatable bonds is 3. The summed E-state index contributed by atoms with van der Waals surface area (Å²) in [5.41, 5.74) is 2.57. The van der Waals surface area contributed by atoms with Gasteiger partial charge in [0.05, 0.1) is 38.1 Å². The molecule has 0 spiro atoms. The highest BCUT2D eigenvalue weighted by atomic mass is 16.2. The maximum Gasteiger partial charge on any atom is 0.233 e. The van der Waals surface area contributed by atoms with E-state index in [0.29, 0.717) is 5.54 Å². The highest BCUT2D eigenvalue weighted by Gasteiger charge is 2.48. The van der Waals surface area contributed by atoms with Gasteiger partial charge in [-0.25, -0.2) is 0 Å². The minimum atomic E-state index is -0.0236. The van der Waals surface area contributed by atoms with Crippen molar-refractivity contribution in [1.82, 2.24) is 4.90 Å². The van der Waals surface area contributed by atoms with Crippen LogP contribution < -0.4 is 0 Å². The first-order valence-electron chi connectivity index (χ1n) is 8.58. The molecule has 0 aliphatic carbocycles. The molecule has 1 amide bonds. The first kappa shape index (κ1) is 17.3. The Labute approximate surface area is 136 Å². The van der Waals surface area contributed by atoms with Crippen molar-refractivity contribution in [1.29, 1.82) is 0 Å². The normalized spacial score (nSPS) is 35.2. The number of carbonyl (C=O) groups is 1. The van der Waals surface area contributed by atoms with Crippen LogP contribution in [0.2, 0.25) is 0 Å². The molecule has 3 heteroatoms. The summed E-state index contributed by atoms with van der Waals surface area (Å²) >= 11 is 0. The van der Waals surface area contributed by atoms with E-state index in [1.165, 1.54) is 18.5 Å². The molecule has 3 atom stereocenters. The number of likely N-dealkylation sites (tertiary alicyclic amines) is 1. The molecule has 0 N–H and O–H groups in total. The second kappa shape index (κ2) is 5.84. The Bertz CT molecular complexity index is 518. The topological polar surface area (TPSA) is 20.3 Å². The standard InChI is InChI=1S/C19H33N2O/c1-14-10-16(3)18(22)20(17(4)11-14)8-9-21(7)13-15(2)12-19(21,5)6/h10-11,15-16H,8-9,12-13H2,1-7H3/q+1. The number of amides is 1. The summed E-state index contributed by atoms with van der Waals surface area (Å²) in [6, 6.07) is 0. The number of hydrogen-bond donors (Lipinski definition) is 0. The van der Waals surface area contributed by atoms with Gasteiger partial charge in [0.25, 0.3) is 0 Å². The van der Waals surface area contributed by atoms with Gasteiger partial charge < -0.3 is 9.38 Å². The fourth-order valence-corrected chi connectivity index (χ4v) is 4.41. The molecule has 3 unspecified atom stereocenters. The van der Waals surface area contributed by atoms with E-state index in [0.717, 1.165) is 29.2 Å². The average Bonchev–Trinajstić information content (AvgIpc) is 2.50. The van der Waals surface area contributed by atoms with Gasteiger partial charge in [0.2, 0.25) is 5.91 Å². The summed E-state index contributed by atoms with van der Waals surface area (Å²) in [7, 11) is 2.36. The van der Waals surface area contributed by atoms with Gasteiger partial charge in [-0.05, 0) is 33.8 Å². The van der Waals surface area contributed by atoms with Gasteiger partial charge >= 0.3 is 0 Å². The minimum Gasteiger partial charge on any atom is -0.320 e. The molecule has 2 rings (SSSR count). The van der Waals surface area contributed by atoms with E-state index < -0.39 is 0 Å². The molecule has 2 heterocycles. The molecular weight excluding hydrogens is 272 g/mol. The molecule has 124 valence electrons. The Morgan fingerprint density at radius 2 is 1.95 bits per heavy atom. The van der Waals surface area contributed by atoms with Gasteiger partial charge in [0.1, 0.15) is 0 Å². The molecule has 0 radical (unpaired) electrons. The summed E-state index contributed by atoms with van der Waals surface area (Å²) in [5.74, 6) is 0.978. The molecule has 22 heavy (non-hydrogen) atoms. The third-order valence-electron chi connectivity index (χ3n) is 5.87. The maximum atomic E-state index is 12.7. The first-order valence-corrected chi connectivity index (χ1v) is 8.58. The zero-order chi connectivity index (χ0) is 16.7. The third kappa shape index (κ3) is 3.15. The first-order chi connectivity index (χ1) is 10.1. The van der Waals surface area contributed by atoms with Crippen LogP contribution in [0.5, 0.6) is 0 Å². The second-order valence-corrected chi connectivity index (χ2v) is 8.40. The lowest BCUT2D eigenvalue weighted by molar-refractivity contribution is -0.942. The summed E-state index contributed by atoms with van der Waals surface area (Å²) in [4.78, 5) is 14.7. The van der Waals surface area contributed by atoms with Crippen molar-refractivity contribution in [2.75, 3.05) is 26.7 Å². The minimum absolute atomic E-state index is 0.0236. The number of nitrogens with zero attached hydrogens (tertiary/aromatic N) is 2. The van der Waals surface area contributed by atoms with Crippen LogP contribution in [-0.2, 0) is 4.79 Å². The Balaban J connectivity index is 2.14. The van der Waals surface area contributed by atoms with Crippen LogP contribution in [0.3, 0.4) is 0 Å². The Morgan fingerprint density at radius 3 is 2.50 bits per heavy atom. The van der Waals surface area contributed by atoms with Gasteiger partial charge in [-0.3, -0.25) is 4.79 Å². The molecule has 3 nitrogen and oxygen atoms in total. The van der Waals surface area contributed by atoms with Gasteiger partial charge in [0, 0.05) is 18.0 Å². The van der Waals surface area contributed by atoms with E-state index in [9.17, 15) is 4.79 Å². The van der Waals surface area contributed by atoms with Crippen LogP contribution in [-0.4, -0.2) is 47.5 Å². The molecule has 1 fully saturated rings. The quantitative estimate of drug-likeness (QED) is 0.730. The SMILES string of the molecule is CC1=CC(C)C(=O)N(CC[N+]2(C)CC(C)CC2(C)C)C(C)=C1. The molecule has 2 aliphatic rings. The zero-order valence-corrected chi connectivity index (χ0v) is 15.4. The number of allylic oxidation sites excluding steroid dienone is 3. The lowest BCUT2D eigenvalue weighted by Crippen LogP contribution is -2.57. The molecule has 0 saturated carbocycles. The van der Waals surface area contributed by atoms with E-state index in [1.54, 1.807) is 0 Å². The predicted molar refractivity (Wildman–Crippen MR) is 92.2 cm³/mol. The largest absolute Gasteiger partial charge is 0.320 e. The Kier molecular flexibility index (Phi) is 4.59. The molecular formula is C19H33N2O+. The van der Waals surface area contributed by atoms with E-state index in [4.69, 9.17) is 0 Å². The summed E-state index contributed by atoms with van der Waals surface area (Å²) in [6.07, 6.45) is 5.48. The fourth-order valence-electron chi connectivity index (χ4n) is 4.41. The molecule has 0 aromatic rings. The lowest BCUT2D eigenvalue weighted by atomic mass is 9.96. The van der Waals surface area contributed by atoms with E-state index in [1.807, 2.05) is 11.8 Å². The van der Waals surface area contributed by atoms with Crippen LogP contribution in [0, 0.1) is 11.8 Å². The highest BCUT2D eigenvalue weighted by Crippen LogP contribution is 2.38. The predicted octanol–water partition coefficient (Wildman–Crippen LogP) is 3.58.